The van der Waals surface area contributed by atoms with Gasteiger partial charge in [-0.3, -0.25) is 4.79 Å². The van der Waals surface area contributed by atoms with E-state index >= 15 is 0 Å². The molecular formula is C14H16N2O2. The van der Waals surface area contributed by atoms with Crippen molar-refractivity contribution in [3.8, 4) is 5.69 Å². The van der Waals surface area contributed by atoms with E-state index in [1.165, 1.54) is 5.56 Å². The fourth-order valence-electron chi connectivity index (χ4n) is 2.00. The number of benzene rings is 1. The number of rotatable bonds is 5. The second kappa shape index (κ2) is 5.49. The van der Waals surface area contributed by atoms with Crippen LogP contribution in [-0.2, 0) is 17.6 Å². The van der Waals surface area contributed by atoms with Crippen molar-refractivity contribution in [3.05, 3.63) is 48.0 Å². The summed E-state index contributed by atoms with van der Waals surface area (Å²) in [7, 11) is 0. The Hall–Kier alpha value is -2.10. The van der Waals surface area contributed by atoms with Crippen molar-refractivity contribution >= 4 is 5.97 Å². The van der Waals surface area contributed by atoms with Gasteiger partial charge in [0.1, 0.15) is 5.82 Å². The van der Waals surface area contributed by atoms with E-state index in [1.54, 1.807) is 6.20 Å². The van der Waals surface area contributed by atoms with Crippen LogP contribution in [0.2, 0.25) is 0 Å². The zero-order valence-corrected chi connectivity index (χ0v) is 10.3. The predicted molar refractivity (Wildman–Crippen MR) is 68.9 cm³/mol. The molecule has 4 nitrogen and oxygen atoms in total. The molecule has 0 spiro atoms. The molecule has 1 aromatic carbocycles. The van der Waals surface area contributed by atoms with E-state index in [2.05, 4.69) is 18.0 Å². The van der Waals surface area contributed by atoms with Crippen molar-refractivity contribution in [2.75, 3.05) is 0 Å². The van der Waals surface area contributed by atoms with E-state index in [1.807, 2.05) is 29.0 Å². The molecule has 0 aliphatic heterocycles. The maximum absolute atomic E-state index is 10.6. The van der Waals surface area contributed by atoms with Crippen molar-refractivity contribution in [3.63, 3.8) is 0 Å². The van der Waals surface area contributed by atoms with Crippen molar-refractivity contribution in [2.45, 2.75) is 26.2 Å². The number of nitrogens with zero attached hydrogens (tertiary/aromatic N) is 2. The third-order valence-electron chi connectivity index (χ3n) is 2.91. The van der Waals surface area contributed by atoms with Crippen LogP contribution >= 0.6 is 0 Å². The van der Waals surface area contributed by atoms with Crippen molar-refractivity contribution < 1.29 is 9.90 Å². The van der Waals surface area contributed by atoms with E-state index in [9.17, 15) is 4.79 Å². The molecule has 1 N–H and O–H groups in total. The summed E-state index contributed by atoms with van der Waals surface area (Å²) in [5.74, 6) is -0.00775. The third-order valence-corrected chi connectivity index (χ3v) is 2.91. The molecule has 0 bridgehead atoms. The maximum Gasteiger partial charge on any atom is 0.303 e. The molecule has 0 unspecified atom stereocenters. The van der Waals surface area contributed by atoms with Gasteiger partial charge in [-0.15, -0.1) is 0 Å². The highest BCUT2D eigenvalue weighted by atomic mass is 16.4. The van der Waals surface area contributed by atoms with Gasteiger partial charge in [-0.25, -0.2) is 4.98 Å². The van der Waals surface area contributed by atoms with E-state index in [4.69, 9.17) is 5.11 Å². The van der Waals surface area contributed by atoms with E-state index in [-0.39, 0.29) is 6.42 Å². The second-order valence-corrected chi connectivity index (χ2v) is 4.09. The first-order valence-electron chi connectivity index (χ1n) is 6.04. The van der Waals surface area contributed by atoms with Crippen LogP contribution < -0.4 is 0 Å². The zero-order valence-electron chi connectivity index (χ0n) is 10.3. The van der Waals surface area contributed by atoms with Gasteiger partial charge in [-0.2, -0.15) is 0 Å². The fourth-order valence-corrected chi connectivity index (χ4v) is 2.00. The quantitative estimate of drug-likeness (QED) is 0.879. The van der Waals surface area contributed by atoms with E-state index < -0.39 is 5.97 Å². The number of carboxylic acids is 1. The molecule has 94 valence electrons. The molecule has 0 amide bonds. The highest BCUT2D eigenvalue weighted by molar-refractivity contribution is 5.66. The molecule has 0 fully saturated rings. The van der Waals surface area contributed by atoms with Crippen LogP contribution in [0.3, 0.4) is 0 Å². The molecule has 0 atom stereocenters. The summed E-state index contributed by atoms with van der Waals surface area (Å²) in [5.41, 5.74) is 2.31. The first-order valence-corrected chi connectivity index (χ1v) is 6.04. The van der Waals surface area contributed by atoms with Crippen molar-refractivity contribution in [1.82, 2.24) is 9.55 Å². The molecule has 0 saturated heterocycles. The number of imidazole rings is 1. The van der Waals surface area contributed by atoms with Gasteiger partial charge in [0.15, 0.2) is 0 Å². The molecule has 4 heteroatoms. The Morgan fingerprint density at radius 1 is 1.39 bits per heavy atom. The summed E-state index contributed by atoms with van der Waals surface area (Å²) in [6.45, 7) is 2.10. The number of carbonyl (C=O) groups is 1. The molecule has 0 aliphatic carbocycles. The molecule has 2 rings (SSSR count). The van der Waals surface area contributed by atoms with Crippen LogP contribution in [0.4, 0.5) is 0 Å². The van der Waals surface area contributed by atoms with E-state index in [0.717, 1.165) is 17.9 Å². The predicted octanol–water partition coefficient (Wildman–Crippen LogP) is 2.45. The van der Waals surface area contributed by atoms with Crippen molar-refractivity contribution in [1.29, 1.82) is 0 Å². The van der Waals surface area contributed by atoms with Crippen LogP contribution in [0.15, 0.2) is 36.7 Å². The van der Waals surface area contributed by atoms with Gasteiger partial charge in [0.05, 0.1) is 6.42 Å². The minimum Gasteiger partial charge on any atom is -0.481 e. The number of aryl methyl sites for hydroxylation is 2. The standard InChI is InChI=1S/C14H16N2O2/c1-2-11-5-3-4-6-12(11)16-10-9-15-13(16)7-8-14(17)18/h3-6,9-10H,2,7-8H2,1H3,(H,17,18). The van der Waals surface area contributed by atoms with Gasteiger partial charge in [-0.05, 0) is 18.1 Å². The Bertz CT molecular complexity index is 546. The molecule has 1 heterocycles. The molecule has 2 aromatic rings. The van der Waals surface area contributed by atoms with Crippen LogP contribution in [0.25, 0.3) is 5.69 Å². The van der Waals surface area contributed by atoms with Crippen LogP contribution in [-0.4, -0.2) is 20.6 Å². The fraction of sp³-hybridized carbons (Fsp3) is 0.286. The molecular weight excluding hydrogens is 228 g/mol. The second-order valence-electron chi connectivity index (χ2n) is 4.09. The van der Waals surface area contributed by atoms with Gasteiger partial charge in [-0.1, -0.05) is 25.1 Å². The van der Waals surface area contributed by atoms with Gasteiger partial charge in [0.25, 0.3) is 0 Å². The highest BCUT2D eigenvalue weighted by Crippen LogP contribution is 2.17. The topological polar surface area (TPSA) is 55.1 Å². The lowest BCUT2D eigenvalue weighted by atomic mass is 10.1. The molecule has 0 radical (unpaired) electrons. The van der Waals surface area contributed by atoms with Crippen LogP contribution in [0.5, 0.6) is 0 Å². The SMILES string of the molecule is CCc1ccccc1-n1ccnc1CCC(=O)O. The molecule has 18 heavy (non-hydrogen) atoms. The minimum absolute atomic E-state index is 0.102. The van der Waals surface area contributed by atoms with Gasteiger partial charge in [0, 0.05) is 24.5 Å². The first kappa shape index (κ1) is 12.4. The number of para-hydroxylation sites is 1. The lowest BCUT2D eigenvalue weighted by Gasteiger charge is -2.11. The first-order chi connectivity index (χ1) is 8.72. The number of hydrogen-bond donors (Lipinski definition) is 1. The monoisotopic (exact) mass is 244 g/mol. The van der Waals surface area contributed by atoms with Gasteiger partial charge in [0.2, 0.25) is 0 Å². The number of aromatic nitrogens is 2. The number of aliphatic carboxylic acids is 1. The normalized spacial score (nSPS) is 10.5. The van der Waals surface area contributed by atoms with Gasteiger partial charge >= 0.3 is 5.97 Å². The Balaban J connectivity index is 2.33. The van der Waals surface area contributed by atoms with Crippen LogP contribution in [0.1, 0.15) is 24.7 Å². The molecule has 1 aromatic heterocycles. The highest BCUT2D eigenvalue weighted by Gasteiger charge is 2.09. The lowest BCUT2D eigenvalue weighted by Crippen LogP contribution is -2.06. The summed E-state index contributed by atoms with van der Waals surface area (Å²) in [6.07, 6.45) is 5.08. The molecule has 0 aliphatic rings. The third kappa shape index (κ3) is 2.59. The number of carboxylic acid groups (broad SMARTS) is 1. The van der Waals surface area contributed by atoms with Gasteiger partial charge < -0.3 is 9.67 Å². The summed E-state index contributed by atoms with van der Waals surface area (Å²) in [5, 5.41) is 8.74. The summed E-state index contributed by atoms with van der Waals surface area (Å²) >= 11 is 0. The smallest absolute Gasteiger partial charge is 0.303 e. The Kier molecular flexibility index (Phi) is 3.77. The van der Waals surface area contributed by atoms with Crippen LogP contribution in [0, 0.1) is 0 Å². The average Bonchev–Trinajstić information content (AvgIpc) is 2.84. The Morgan fingerprint density at radius 3 is 2.89 bits per heavy atom. The van der Waals surface area contributed by atoms with E-state index in [0.29, 0.717) is 6.42 Å². The average molecular weight is 244 g/mol. The van der Waals surface area contributed by atoms with Crippen molar-refractivity contribution in [2.24, 2.45) is 0 Å². The summed E-state index contributed by atoms with van der Waals surface area (Å²) in [4.78, 5) is 14.9. The summed E-state index contributed by atoms with van der Waals surface area (Å²) < 4.78 is 1.97. The lowest BCUT2D eigenvalue weighted by molar-refractivity contribution is -0.137. The Labute approximate surface area is 106 Å². The zero-order chi connectivity index (χ0) is 13.0. The summed E-state index contributed by atoms with van der Waals surface area (Å²) in [6, 6.07) is 8.10. The number of hydrogen-bond acceptors (Lipinski definition) is 2. The largest absolute Gasteiger partial charge is 0.481 e. The minimum atomic E-state index is -0.798. The maximum atomic E-state index is 10.6. The Morgan fingerprint density at radius 2 is 2.17 bits per heavy atom. The molecule has 0 saturated carbocycles.